The SMILES string of the molecule is BC(c1ccc(OC)cc1)c1ccc(Oc2ccc(S(=O)(=O)c3ccccc3)cc2)cc1. The lowest BCUT2D eigenvalue weighted by Gasteiger charge is -2.14. The molecule has 4 nitrogen and oxygen atoms in total. The van der Waals surface area contributed by atoms with Crippen LogP contribution in [0.1, 0.15) is 16.9 Å². The monoisotopic (exact) mass is 442 g/mol. The summed E-state index contributed by atoms with van der Waals surface area (Å²) in [6, 6.07) is 30.9. The predicted molar refractivity (Wildman–Crippen MR) is 128 cm³/mol. The molecule has 0 aliphatic heterocycles. The summed E-state index contributed by atoms with van der Waals surface area (Å²) in [5.74, 6) is 2.34. The van der Waals surface area contributed by atoms with Crippen LogP contribution < -0.4 is 9.47 Å². The Hall–Kier alpha value is -3.51. The molecule has 1 atom stereocenters. The quantitative estimate of drug-likeness (QED) is 0.376. The Morgan fingerprint density at radius 2 is 1.06 bits per heavy atom. The molecule has 4 aromatic rings. The first-order valence-corrected chi connectivity index (χ1v) is 11.8. The van der Waals surface area contributed by atoms with Crippen LogP contribution in [-0.2, 0) is 9.84 Å². The highest BCUT2D eigenvalue weighted by Gasteiger charge is 2.17. The van der Waals surface area contributed by atoms with E-state index in [-0.39, 0.29) is 15.6 Å². The molecule has 0 bridgehead atoms. The van der Waals surface area contributed by atoms with Crippen LogP contribution >= 0.6 is 0 Å². The van der Waals surface area contributed by atoms with Gasteiger partial charge in [0, 0.05) is 0 Å². The van der Waals surface area contributed by atoms with Crippen LogP contribution in [0.5, 0.6) is 17.2 Å². The van der Waals surface area contributed by atoms with Gasteiger partial charge >= 0.3 is 0 Å². The van der Waals surface area contributed by atoms with Crippen LogP contribution in [0.15, 0.2) is 113 Å². The second-order valence-corrected chi connectivity index (χ2v) is 9.40. The van der Waals surface area contributed by atoms with Gasteiger partial charge in [-0.25, -0.2) is 8.42 Å². The highest BCUT2D eigenvalue weighted by atomic mass is 32.2. The molecule has 0 aliphatic carbocycles. The smallest absolute Gasteiger partial charge is 0.206 e. The molecule has 4 rings (SSSR count). The van der Waals surface area contributed by atoms with Gasteiger partial charge < -0.3 is 9.47 Å². The van der Waals surface area contributed by atoms with Crippen molar-refractivity contribution in [3.8, 4) is 17.2 Å². The second kappa shape index (κ2) is 9.33. The Bertz CT molecular complexity index is 1270. The van der Waals surface area contributed by atoms with Crippen LogP contribution in [-0.4, -0.2) is 23.4 Å². The van der Waals surface area contributed by atoms with Gasteiger partial charge in [0.15, 0.2) is 0 Å². The van der Waals surface area contributed by atoms with Gasteiger partial charge in [0.1, 0.15) is 25.1 Å². The zero-order chi connectivity index (χ0) is 22.6. The maximum Gasteiger partial charge on any atom is 0.206 e. The van der Waals surface area contributed by atoms with E-state index in [2.05, 4.69) is 20.0 Å². The largest absolute Gasteiger partial charge is 0.497 e. The van der Waals surface area contributed by atoms with E-state index in [1.54, 1.807) is 61.7 Å². The van der Waals surface area contributed by atoms with E-state index < -0.39 is 9.84 Å². The van der Waals surface area contributed by atoms with Crippen LogP contribution in [0.4, 0.5) is 0 Å². The standard InChI is InChI=1S/C26H23BO4S/c1-30-21-11-7-19(8-12-21)26(27)20-9-13-22(14-10-20)31-23-15-17-25(18-16-23)32(28,29)24-5-3-2-4-6-24/h2-18,26H,27H2,1H3. The lowest BCUT2D eigenvalue weighted by molar-refractivity contribution is 0.414. The van der Waals surface area contributed by atoms with Crippen molar-refractivity contribution in [1.29, 1.82) is 0 Å². The van der Waals surface area contributed by atoms with Crippen molar-refractivity contribution < 1.29 is 17.9 Å². The molecule has 6 heteroatoms. The fourth-order valence-electron chi connectivity index (χ4n) is 3.47. The lowest BCUT2D eigenvalue weighted by Crippen LogP contribution is -2.01. The maximum absolute atomic E-state index is 12.7. The topological polar surface area (TPSA) is 52.6 Å². The molecule has 0 fully saturated rings. The Labute approximate surface area is 189 Å². The number of methoxy groups -OCH3 is 1. The zero-order valence-electron chi connectivity index (χ0n) is 17.9. The third kappa shape index (κ3) is 4.71. The van der Waals surface area contributed by atoms with E-state index in [0.29, 0.717) is 11.5 Å². The molecule has 160 valence electrons. The highest BCUT2D eigenvalue weighted by Crippen LogP contribution is 2.29. The summed E-state index contributed by atoms with van der Waals surface area (Å²) in [7, 11) is 0.278. The minimum absolute atomic E-state index is 0.234. The Morgan fingerprint density at radius 1 is 0.625 bits per heavy atom. The zero-order valence-corrected chi connectivity index (χ0v) is 18.8. The molecule has 32 heavy (non-hydrogen) atoms. The molecular formula is C26H23BO4S. The van der Waals surface area contributed by atoms with Crippen molar-refractivity contribution in [2.45, 2.75) is 15.6 Å². The minimum atomic E-state index is -3.54. The first-order valence-electron chi connectivity index (χ1n) is 10.3. The van der Waals surface area contributed by atoms with E-state index in [1.165, 1.54) is 11.1 Å². The Kier molecular flexibility index (Phi) is 6.33. The average Bonchev–Trinajstić information content (AvgIpc) is 2.85. The lowest BCUT2D eigenvalue weighted by atomic mass is 9.76. The number of ether oxygens (including phenoxy) is 2. The summed E-state index contributed by atoms with van der Waals surface area (Å²) in [6.45, 7) is 0. The maximum atomic E-state index is 12.7. The Balaban J connectivity index is 1.45. The van der Waals surface area contributed by atoms with Gasteiger partial charge in [-0.2, -0.15) is 0 Å². The third-order valence-electron chi connectivity index (χ3n) is 5.42. The van der Waals surface area contributed by atoms with Crippen molar-refractivity contribution in [3.63, 3.8) is 0 Å². The molecule has 0 saturated carbocycles. The Morgan fingerprint density at radius 3 is 1.56 bits per heavy atom. The van der Waals surface area contributed by atoms with Crippen molar-refractivity contribution in [1.82, 2.24) is 0 Å². The number of hydrogen-bond acceptors (Lipinski definition) is 4. The molecule has 0 radical (unpaired) electrons. The van der Waals surface area contributed by atoms with E-state index in [1.807, 2.05) is 36.4 Å². The van der Waals surface area contributed by atoms with Crippen LogP contribution in [0.2, 0.25) is 0 Å². The minimum Gasteiger partial charge on any atom is -0.497 e. The van der Waals surface area contributed by atoms with Crippen molar-refractivity contribution in [3.05, 3.63) is 114 Å². The first-order chi connectivity index (χ1) is 15.5. The number of hydrogen-bond donors (Lipinski definition) is 0. The van der Waals surface area contributed by atoms with Crippen molar-refractivity contribution in [2.24, 2.45) is 0 Å². The van der Waals surface area contributed by atoms with Gasteiger partial charge in [0.25, 0.3) is 0 Å². The van der Waals surface area contributed by atoms with Gasteiger partial charge in [0.05, 0.1) is 16.9 Å². The van der Waals surface area contributed by atoms with E-state index in [9.17, 15) is 8.42 Å². The molecule has 0 aromatic heterocycles. The van der Waals surface area contributed by atoms with Gasteiger partial charge in [-0.15, -0.1) is 0 Å². The van der Waals surface area contributed by atoms with Crippen LogP contribution in [0.3, 0.4) is 0 Å². The third-order valence-corrected chi connectivity index (χ3v) is 7.20. The molecule has 1 unspecified atom stereocenters. The van der Waals surface area contributed by atoms with Gasteiger partial charge in [-0.3, -0.25) is 0 Å². The van der Waals surface area contributed by atoms with Crippen LogP contribution in [0, 0.1) is 0 Å². The second-order valence-electron chi connectivity index (χ2n) is 7.45. The van der Waals surface area contributed by atoms with E-state index in [4.69, 9.17) is 9.47 Å². The summed E-state index contributed by atoms with van der Waals surface area (Å²) in [5.41, 5.74) is 2.38. The van der Waals surface area contributed by atoms with E-state index >= 15 is 0 Å². The molecular weight excluding hydrogens is 419 g/mol. The molecule has 0 N–H and O–H groups in total. The van der Waals surface area contributed by atoms with Gasteiger partial charge in [-0.1, -0.05) is 42.5 Å². The molecule has 0 heterocycles. The highest BCUT2D eigenvalue weighted by molar-refractivity contribution is 7.91. The molecule has 0 spiro atoms. The summed E-state index contributed by atoms with van der Waals surface area (Å²) < 4.78 is 36.6. The fourth-order valence-corrected chi connectivity index (χ4v) is 4.75. The van der Waals surface area contributed by atoms with Gasteiger partial charge in [0.2, 0.25) is 9.84 Å². The number of benzene rings is 4. The fraction of sp³-hybridized carbons (Fsp3) is 0.0769. The molecule has 0 saturated heterocycles. The van der Waals surface area contributed by atoms with Crippen LogP contribution in [0.25, 0.3) is 0 Å². The summed E-state index contributed by atoms with van der Waals surface area (Å²) in [5, 5.41) is 0. The summed E-state index contributed by atoms with van der Waals surface area (Å²) in [4.78, 5) is 0.509. The number of rotatable bonds is 7. The summed E-state index contributed by atoms with van der Waals surface area (Å²) in [6.07, 6.45) is 0. The van der Waals surface area contributed by atoms with Crippen molar-refractivity contribution in [2.75, 3.05) is 7.11 Å². The summed E-state index contributed by atoms with van der Waals surface area (Å²) >= 11 is 0. The first kappa shape index (κ1) is 21.7. The molecule has 4 aromatic carbocycles. The van der Waals surface area contributed by atoms with Crippen molar-refractivity contribution >= 4 is 17.7 Å². The van der Waals surface area contributed by atoms with E-state index in [0.717, 1.165) is 5.75 Å². The van der Waals surface area contributed by atoms with Gasteiger partial charge in [-0.05, 0) is 77.6 Å². The molecule has 0 aliphatic rings. The normalized spacial score (nSPS) is 12.2. The molecule has 0 amide bonds. The predicted octanol–water partition coefficient (Wildman–Crippen LogP) is 5.04. The number of sulfone groups is 1. The average molecular weight is 442 g/mol.